The smallest absolute Gasteiger partial charge is 0.305 e. The first-order valence-corrected chi connectivity index (χ1v) is 10.3. The lowest BCUT2D eigenvalue weighted by Crippen LogP contribution is -2.14. The monoisotopic (exact) mass is 376 g/mol. The van der Waals surface area contributed by atoms with Crippen molar-refractivity contribution in [3.63, 3.8) is 0 Å². The molecule has 156 valence electrons. The Balaban J connectivity index is 3.06. The topological polar surface area (TPSA) is 63.2 Å². The van der Waals surface area contributed by atoms with E-state index in [-0.39, 0.29) is 5.97 Å². The van der Waals surface area contributed by atoms with Crippen LogP contribution in [0.2, 0.25) is 0 Å². The van der Waals surface area contributed by atoms with Crippen LogP contribution in [0.3, 0.4) is 0 Å². The molecule has 0 aliphatic rings. The summed E-state index contributed by atoms with van der Waals surface area (Å²) in [5.74, 6) is -0.139. The second-order valence-corrected chi connectivity index (χ2v) is 6.19. The molecule has 26 heavy (non-hydrogen) atoms. The molecule has 0 fully saturated rings. The van der Waals surface area contributed by atoms with Crippen LogP contribution in [0.25, 0.3) is 0 Å². The third kappa shape index (κ3) is 21.4. The minimum Gasteiger partial charge on any atom is -0.463 e. The van der Waals surface area contributed by atoms with Crippen LogP contribution in [0.4, 0.5) is 0 Å². The fourth-order valence-corrected chi connectivity index (χ4v) is 2.20. The van der Waals surface area contributed by atoms with E-state index in [1.807, 2.05) is 0 Å². The highest BCUT2D eigenvalue weighted by Gasteiger charge is 2.01. The molecular formula is C20H40O6. The van der Waals surface area contributed by atoms with Crippen molar-refractivity contribution in [3.8, 4) is 0 Å². The fraction of sp³-hybridized carbons (Fsp3) is 0.950. The summed E-state index contributed by atoms with van der Waals surface area (Å²) in [5.41, 5.74) is 0. The van der Waals surface area contributed by atoms with Gasteiger partial charge < -0.3 is 23.7 Å². The van der Waals surface area contributed by atoms with Crippen molar-refractivity contribution in [1.29, 1.82) is 0 Å². The zero-order chi connectivity index (χ0) is 19.1. The maximum atomic E-state index is 11.4. The van der Waals surface area contributed by atoms with Crippen LogP contribution < -0.4 is 0 Å². The molecule has 0 aromatic carbocycles. The summed E-state index contributed by atoms with van der Waals surface area (Å²) < 4.78 is 26.7. The number of hydrogen-bond donors (Lipinski definition) is 0. The van der Waals surface area contributed by atoms with E-state index in [1.54, 1.807) is 0 Å². The SMILES string of the molecule is CCCCCCOCCOCCOCCOCCOC(=O)CCCCC. The highest BCUT2D eigenvalue weighted by Crippen LogP contribution is 2.00. The molecule has 0 spiro atoms. The first-order valence-electron chi connectivity index (χ1n) is 10.3. The maximum absolute atomic E-state index is 11.4. The van der Waals surface area contributed by atoms with Gasteiger partial charge in [0.05, 0.1) is 46.2 Å². The van der Waals surface area contributed by atoms with Gasteiger partial charge in [0.25, 0.3) is 0 Å². The molecule has 0 rings (SSSR count). The highest BCUT2D eigenvalue weighted by atomic mass is 16.6. The molecule has 0 saturated carbocycles. The van der Waals surface area contributed by atoms with Crippen molar-refractivity contribution in [2.24, 2.45) is 0 Å². The average molecular weight is 377 g/mol. The Kier molecular flexibility index (Phi) is 21.8. The van der Waals surface area contributed by atoms with Crippen LogP contribution in [-0.2, 0) is 28.5 Å². The number of rotatable bonds is 21. The molecule has 0 bridgehead atoms. The predicted octanol–water partition coefficient (Wildman–Crippen LogP) is 3.76. The van der Waals surface area contributed by atoms with Crippen molar-refractivity contribution in [1.82, 2.24) is 0 Å². The van der Waals surface area contributed by atoms with E-state index in [9.17, 15) is 4.79 Å². The molecule has 0 saturated heterocycles. The van der Waals surface area contributed by atoms with Gasteiger partial charge >= 0.3 is 5.97 Å². The summed E-state index contributed by atoms with van der Waals surface area (Å²) in [6.45, 7) is 9.24. The molecule has 0 aromatic rings. The van der Waals surface area contributed by atoms with Crippen LogP contribution in [0.15, 0.2) is 0 Å². The Bertz CT molecular complexity index is 285. The first-order chi connectivity index (χ1) is 12.8. The molecule has 0 unspecified atom stereocenters. The van der Waals surface area contributed by atoms with E-state index in [0.29, 0.717) is 59.3 Å². The van der Waals surface area contributed by atoms with Gasteiger partial charge in [-0.15, -0.1) is 0 Å². The Hall–Kier alpha value is -0.690. The molecule has 0 heterocycles. The quantitative estimate of drug-likeness (QED) is 0.224. The van der Waals surface area contributed by atoms with Crippen LogP contribution in [0, 0.1) is 0 Å². The van der Waals surface area contributed by atoms with Gasteiger partial charge in [0, 0.05) is 13.0 Å². The lowest BCUT2D eigenvalue weighted by Gasteiger charge is -2.08. The van der Waals surface area contributed by atoms with E-state index < -0.39 is 0 Å². The van der Waals surface area contributed by atoms with E-state index in [2.05, 4.69) is 13.8 Å². The summed E-state index contributed by atoms with van der Waals surface area (Å²) in [6.07, 6.45) is 8.49. The first kappa shape index (κ1) is 25.3. The van der Waals surface area contributed by atoms with Crippen molar-refractivity contribution < 1.29 is 28.5 Å². The zero-order valence-electron chi connectivity index (χ0n) is 17.0. The number of carbonyl (C=O) groups is 1. The molecule has 6 heteroatoms. The Morgan fingerprint density at radius 1 is 0.538 bits per heavy atom. The summed E-state index contributed by atoms with van der Waals surface area (Å²) >= 11 is 0. The molecular weight excluding hydrogens is 336 g/mol. The van der Waals surface area contributed by atoms with Crippen LogP contribution in [0.1, 0.15) is 65.2 Å². The number of carbonyl (C=O) groups excluding carboxylic acids is 1. The number of esters is 1. The van der Waals surface area contributed by atoms with Gasteiger partial charge in [-0.1, -0.05) is 46.0 Å². The van der Waals surface area contributed by atoms with Gasteiger partial charge in [0.15, 0.2) is 0 Å². The van der Waals surface area contributed by atoms with Gasteiger partial charge in [-0.2, -0.15) is 0 Å². The Labute approximate surface area is 159 Å². The summed E-state index contributed by atoms with van der Waals surface area (Å²) in [6, 6.07) is 0. The van der Waals surface area contributed by atoms with E-state index in [4.69, 9.17) is 23.7 Å². The van der Waals surface area contributed by atoms with Crippen molar-refractivity contribution in [3.05, 3.63) is 0 Å². The Morgan fingerprint density at radius 3 is 1.54 bits per heavy atom. The van der Waals surface area contributed by atoms with Gasteiger partial charge in [-0.05, 0) is 12.8 Å². The average Bonchev–Trinajstić information content (AvgIpc) is 2.64. The molecule has 0 amide bonds. The summed E-state index contributed by atoms with van der Waals surface area (Å²) in [4.78, 5) is 11.4. The Morgan fingerprint density at radius 2 is 1.00 bits per heavy atom. The molecule has 6 nitrogen and oxygen atoms in total. The van der Waals surface area contributed by atoms with Gasteiger partial charge in [-0.25, -0.2) is 0 Å². The van der Waals surface area contributed by atoms with E-state index in [0.717, 1.165) is 32.3 Å². The van der Waals surface area contributed by atoms with Gasteiger partial charge in [-0.3, -0.25) is 4.79 Å². The molecule has 0 N–H and O–H groups in total. The third-order valence-corrected chi connectivity index (χ3v) is 3.73. The molecule has 0 aliphatic carbocycles. The van der Waals surface area contributed by atoms with Gasteiger partial charge in [0.2, 0.25) is 0 Å². The molecule has 0 radical (unpaired) electrons. The largest absolute Gasteiger partial charge is 0.463 e. The minimum atomic E-state index is -0.139. The second-order valence-electron chi connectivity index (χ2n) is 6.19. The molecule has 0 atom stereocenters. The van der Waals surface area contributed by atoms with Crippen LogP contribution in [-0.4, -0.2) is 65.4 Å². The second kappa shape index (κ2) is 22.4. The van der Waals surface area contributed by atoms with Gasteiger partial charge in [0.1, 0.15) is 6.61 Å². The zero-order valence-corrected chi connectivity index (χ0v) is 17.0. The number of ether oxygens (including phenoxy) is 5. The summed E-state index contributed by atoms with van der Waals surface area (Å²) in [5, 5.41) is 0. The molecule has 0 aliphatic heterocycles. The minimum absolute atomic E-state index is 0.139. The number of unbranched alkanes of at least 4 members (excludes halogenated alkanes) is 5. The summed E-state index contributed by atoms with van der Waals surface area (Å²) in [7, 11) is 0. The van der Waals surface area contributed by atoms with E-state index in [1.165, 1.54) is 19.3 Å². The number of hydrogen-bond acceptors (Lipinski definition) is 6. The standard InChI is InChI=1S/C20H40O6/c1-3-5-7-9-11-22-12-13-23-14-15-24-16-17-25-18-19-26-20(21)10-8-6-4-2/h3-19H2,1-2H3. The lowest BCUT2D eigenvalue weighted by molar-refractivity contribution is -0.145. The normalized spacial score (nSPS) is 11.0. The predicted molar refractivity (Wildman–Crippen MR) is 103 cm³/mol. The molecule has 0 aromatic heterocycles. The third-order valence-electron chi connectivity index (χ3n) is 3.73. The maximum Gasteiger partial charge on any atom is 0.305 e. The van der Waals surface area contributed by atoms with Crippen LogP contribution in [0.5, 0.6) is 0 Å². The highest BCUT2D eigenvalue weighted by molar-refractivity contribution is 5.69. The van der Waals surface area contributed by atoms with E-state index >= 15 is 0 Å². The fourth-order valence-electron chi connectivity index (χ4n) is 2.20. The van der Waals surface area contributed by atoms with Crippen molar-refractivity contribution in [2.75, 3.05) is 59.5 Å². The lowest BCUT2D eigenvalue weighted by atomic mass is 10.2. The van der Waals surface area contributed by atoms with Crippen molar-refractivity contribution in [2.45, 2.75) is 65.2 Å². The van der Waals surface area contributed by atoms with Crippen molar-refractivity contribution >= 4 is 5.97 Å². The van der Waals surface area contributed by atoms with Crippen LogP contribution >= 0.6 is 0 Å².